The van der Waals surface area contributed by atoms with Crippen molar-refractivity contribution in [1.29, 1.82) is 0 Å². The van der Waals surface area contributed by atoms with Crippen LogP contribution in [0, 0.1) is 11.3 Å². The normalized spacial score (nSPS) is 22.6. The van der Waals surface area contributed by atoms with E-state index in [1.165, 1.54) is 10.4 Å². The van der Waals surface area contributed by atoms with E-state index >= 15 is 0 Å². The topological polar surface area (TPSA) is 61.4 Å². The van der Waals surface area contributed by atoms with Gasteiger partial charge in [0.25, 0.3) is 5.91 Å². The molecule has 1 aromatic carbocycles. The standard InChI is InChI=1S/C20H24N2O2S/c1-20(2,3)11-8-9-13-15(10-11)25-19-16(13)18(24)21-17(22-19)12-6-4-5-7-14(12)23/h4-7,11,17,22-23H,8-10H2,1-3H3,(H,21,24)/t11-,17-/m1/s1. The van der Waals surface area contributed by atoms with Crippen molar-refractivity contribution in [2.75, 3.05) is 5.32 Å². The molecule has 1 aromatic heterocycles. The van der Waals surface area contributed by atoms with E-state index < -0.39 is 0 Å². The summed E-state index contributed by atoms with van der Waals surface area (Å²) in [5.74, 6) is 0.809. The van der Waals surface area contributed by atoms with Crippen molar-refractivity contribution >= 4 is 22.2 Å². The first-order valence-electron chi connectivity index (χ1n) is 8.84. The Labute approximate surface area is 152 Å². The van der Waals surface area contributed by atoms with Gasteiger partial charge in [0.2, 0.25) is 0 Å². The number of phenols is 1. The molecular formula is C20H24N2O2S. The first-order chi connectivity index (χ1) is 11.8. The van der Waals surface area contributed by atoms with Gasteiger partial charge in [-0.1, -0.05) is 39.0 Å². The van der Waals surface area contributed by atoms with Gasteiger partial charge in [0.1, 0.15) is 16.9 Å². The summed E-state index contributed by atoms with van der Waals surface area (Å²) >= 11 is 1.71. The smallest absolute Gasteiger partial charge is 0.256 e. The minimum Gasteiger partial charge on any atom is -0.508 e. The molecule has 1 amide bonds. The number of hydrogen-bond acceptors (Lipinski definition) is 4. The third kappa shape index (κ3) is 2.80. The summed E-state index contributed by atoms with van der Waals surface area (Å²) < 4.78 is 0. The Kier molecular flexibility index (Phi) is 3.80. The number of carbonyl (C=O) groups excluding carboxylic acids is 1. The van der Waals surface area contributed by atoms with Gasteiger partial charge >= 0.3 is 0 Å². The highest BCUT2D eigenvalue weighted by Crippen LogP contribution is 2.46. The lowest BCUT2D eigenvalue weighted by Crippen LogP contribution is -2.38. The van der Waals surface area contributed by atoms with Gasteiger partial charge in [-0.2, -0.15) is 0 Å². The van der Waals surface area contributed by atoms with E-state index in [0.717, 1.165) is 29.8 Å². The van der Waals surface area contributed by atoms with Gasteiger partial charge in [-0.05, 0) is 42.2 Å². The summed E-state index contributed by atoms with van der Waals surface area (Å²) in [5, 5.41) is 17.5. The van der Waals surface area contributed by atoms with Crippen LogP contribution in [0.25, 0.3) is 0 Å². The van der Waals surface area contributed by atoms with Crippen molar-refractivity contribution in [3.8, 4) is 5.75 Å². The lowest BCUT2D eigenvalue weighted by molar-refractivity contribution is 0.0934. The first-order valence-corrected chi connectivity index (χ1v) is 9.66. The molecule has 1 aliphatic carbocycles. The number of amides is 1. The zero-order valence-corrected chi connectivity index (χ0v) is 15.7. The molecule has 4 rings (SSSR count). The van der Waals surface area contributed by atoms with Gasteiger partial charge in [0.15, 0.2) is 0 Å². The van der Waals surface area contributed by atoms with Gasteiger partial charge in [0.05, 0.1) is 5.56 Å². The minimum atomic E-state index is -0.389. The van der Waals surface area contributed by atoms with Crippen molar-refractivity contribution in [2.45, 2.75) is 46.2 Å². The molecule has 0 spiro atoms. The van der Waals surface area contributed by atoms with Crippen molar-refractivity contribution in [3.63, 3.8) is 0 Å². The summed E-state index contributed by atoms with van der Waals surface area (Å²) in [4.78, 5) is 14.1. The van der Waals surface area contributed by atoms with E-state index in [1.54, 1.807) is 23.5 Å². The van der Waals surface area contributed by atoms with Crippen molar-refractivity contribution in [3.05, 3.63) is 45.8 Å². The van der Waals surface area contributed by atoms with Gasteiger partial charge in [-0.25, -0.2) is 0 Å². The van der Waals surface area contributed by atoms with Crippen LogP contribution < -0.4 is 10.6 Å². The van der Waals surface area contributed by atoms with Crippen molar-refractivity contribution in [1.82, 2.24) is 5.32 Å². The third-order valence-corrected chi connectivity index (χ3v) is 6.70. The molecule has 0 bridgehead atoms. The molecule has 4 nitrogen and oxygen atoms in total. The number of rotatable bonds is 1. The monoisotopic (exact) mass is 356 g/mol. The maximum Gasteiger partial charge on any atom is 0.256 e. The molecule has 25 heavy (non-hydrogen) atoms. The SMILES string of the molecule is CC(C)(C)[C@@H]1CCc2c(sc3c2C(=O)N[C@@H](c2ccccc2O)N3)C1. The van der Waals surface area contributed by atoms with E-state index in [2.05, 4.69) is 31.4 Å². The Bertz CT molecular complexity index is 835. The molecular weight excluding hydrogens is 332 g/mol. The zero-order valence-electron chi connectivity index (χ0n) is 14.8. The number of phenolic OH excluding ortho intramolecular Hbond substituents is 1. The largest absolute Gasteiger partial charge is 0.508 e. The second-order valence-corrected chi connectivity index (χ2v) is 9.23. The molecule has 0 unspecified atom stereocenters. The Balaban J connectivity index is 1.67. The van der Waals surface area contributed by atoms with E-state index in [4.69, 9.17) is 0 Å². The average Bonchev–Trinajstić information content (AvgIpc) is 2.92. The highest BCUT2D eigenvalue weighted by molar-refractivity contribution is 7.16. The lowest BCUT2D eigenvalue weighted by atomic mass is 9.72. The molecule has 132 valence electrons. The fourth-order valence-electron chi connectivity index (χ4n) is 3.92. The van der Waals surface area contributed by atoms with Gasteiger partial charge in [-0.15, -0.1) is 11.3 Å². The molecule has 3 N–H and O–H groups in total. The molecule has 1 aliphatic heterocycles. The molecule has 0 fully saturated rings. The molecule has 2 aliphatic rings. The number of anilines is 1. The highest BCUT2D eigenvalue weighted by Gasteiger charge is 2.36. The Morgan fingerprint density at radius 1 is 1.20 bits per heavy atom. The summed E-state index contributed by atoms with van der Waals surface area (Å²) in [5.41, 5.74) is 3.02. The maximum absolute atomic E-state index is 12.8. The first kappa shape index (κ1) is 16.5. The van der Waals surface area contributed by atoms with Crippen LogP contribution in [-0.2, 0) is 12.8 Å². The number of benzene rings is 1. The van der Waals surface area contributed by atoms with Crippen LogP contribution in [0.4, 0.5) is 5.00 Å². The predicted octanol–water partition coefficient (Wildman–Crippen LogP) is 4.46. The molecule has 0 saturated heterocycles. The Morgan fingerprint density at radius 3 is 2.68 bits per heavy atom. The van der Waals surface area contributed by atoms with E-state index in [0.29, 0.717) is 11.5 Å². The van der Waals surface area contributed by atoms with E-state index in [9.17, 15) is 9.90 Å². The fourth-order valence-corrected chi connectivity index (χ4v) is 5.28. The number of para-hydroxylation sites is 1. The number of aromatic hydroxyl groups is 1. The third-order valence-electron chi connectivity index (χ3n) is 5.52. The number of nitrogens with one attached hydrogen (secondary N) is 2. The zero-order chi connectivity index (χ0) is 17.8. The van der Waals surface area contributed by atoms with E-state index in [-0.39, 0.29) is 23.2 Å². The maximum atomic E-state index is 12.8. The van der Waals surface area contributed by atoms with Gasteiger partial charge < -0.3 is 15.7 Å². The molecule has 2 atom stereocenters. The number of thiophene rings is 1. The Morgan fingerprint density at radius 2 is 1.96 bits per heavy atom. The van der Waals surface area contributed by atoms with Crippen LogP contribution in [0.2, 0.25) is 0 Å². The second-order valence-electron chi connectivity index (χ2n) is 8.12. The van der Waals surface area contributed by atoms with Crippen molar-refractivity contribution < 1.29 is 9.90 Å². The van der Waals surface area contributed by atoms with Gasteiger partial charge in [0, 0.05) is 10.4 Å². The highest BCUT2D eigenvalue weighted by atomic mass is 32.1. The summed E-state index contributed by atoms with van der Waals surface area (Å²) in [7, 11) is 0. The summed E-state index contributed by atoms with van der Waals surface area (Å²) in [6, 6.07) is 7.13. The molecule has 5 heteroatoms. The van der Waals surface area contributed by atoms with Crippen LogP contribution in [0.5, 0.6) is 5.75 Å². The molecule has 0 radical (unpaired) electrons. The van der Waals surface area contributed by atoms with E-state index in [1.807, 2.05) is 12.1 Å². The molecule has 2 heterocycles. The van der Waals surface area contributed by atoms with Crippen LogP contribution in [-0.4, -0.2) is 11.0 Å². The molecule has 0 saturated carbocycles. The molecule has 2 aromatic rings. The van der Waals surface area contributed by atoms with Crippen LogP contribution >= 0.6 is 11.3 Å². The quantitative estimate of drug-likeness (QED) is 0.707. The number of hydrogen-bond donors (Lipinski definition) is 3. The number of fused-ring (bicyclic) bond motifs is 3. The fraction of sp³-hybridized carbons (Fsp3) is 0.450. The Hall–Kier alpha value is -2.01. The summed E-state index contributed by atoms with van der Waals surface area (Å²) in [6.45, 7) is 6.90. The van der Waals surface area contributed by atoms with Crippen molar-refractivity contribution in [2.24, 2.45) is 11.3 Å². The van der Waals surface area contributed by atoms with Crippen LogP contribution in [0.15, 0.2) is 24.3 Å². The van der Waals surface area contributed by atoms with Gasteiger partial charge in [-0.3, -0.25) is 4.79 Å². The average molecular weight is 356 g/mol. The minimum absolute atomic E-state index is 0.0336. The lowest BCUT2D eigenvalue weighted by Gasteiger charge is -2.34. The van der Waals surface area contributed by atoms with Crippen LogP contribution in [0.1, 0.15) is 59.7 Å². The summed E-state index contributed by atoms with van der Waals surface area (Å²) in [6.07, 6.45) is 2.77. The predicted molar refractivity (Wildman–Crippen MR) is 101 cm³/mol. The number of carbonyl (C=O) groups is 1. The van der Waals surface area contributed by atoms with Crippen LogP contribution in [0.3, 0.4) is 0 Å². The second kappa shape index (κ2) is 5.77.